The molecule has 32 heavy (non-hydrogen) atoms. The summed E-state index contributed by atoms with van der Waals surface area (Å²) in [4.78, 5) is 44.4. The van der Waals surface area contributed by atoms with Gasteiger partial charge in [-0.05, 0) is 47.0 Å². The highest BCUT2D eigenvalue weighted by Gasteiger charge is 2.74. The van der Waals surface area contributed by atoms with E-state index in [2.05, 4.69) is 6.08 Å². The van der Waals surface area contributed by atoms with Crippen LogP contribution in [-0.4, -0.2) is 80.1 Å². The van der Waals surface area contributed by atoms with E-state index in [1.54, 1.807) is 4.90 Å². The van der Waals surface area contributed by atoms with E-state index in [9.17, 15) is 19.5 Å². The topological polar surface area (TPSA) is 87.2 Å². The number of likely N-dealkylation sites (tertiary alicyclic amines) is 1. The van der Waals surface area contributed by atoms with Crippen molar-refractivity contribution in [3.8, 4) is 0 Å². The molecule has 0 aromatic heterocycles. The molecule has 0 aliphatic carbocycles. The number of β-amino-alcohol motifs (C(OH)–C–C–N with tert-alkyl or cyclic N) is 1. The van der Waals surface area contributed by atoms with Crippen molar-refractivity contribution in [2.45, 2.75) is 68.0 Å². The maximum Gasteiger partial charge on any atom is 0.311 e. The number of ether oxygens (including phenoxy) is 1. The van der Waals surface area contributed by atoms with Crippen molar-refractivity contribution in [3.05, 3.63) is 24.3 Å². The average Bonchev–Trinajstić information content (AvgIpc) is 3.01. The molecule has 0 aromatic carbocycles. The number of allylic oxidation sites excluding steroid dienone is 1. The van der Waals surface area contributed by atoms with Crippen LogP contribution >= 0.6 is 11.8 Å². The third-order valence-electron chi connectivity index (χ3n) is 7.15. The van der Waals surface area contributed by atoms with Crippen LogP contribution in [0.4, 0.5) is 0 Å². The zero-order chi connectivity index (χ0) is 23.3. The van der Waals surface area contributed by atoms with Crippen LogP contribution in [-0.2, 0) is 19.1 Å². The minimum absolute atomic E-state index is 0.0637. The van der Waals surface area contributed by atoms with E-state index in [1.807, 2.05) is 45.9 Å². The molecule has 4 aliphatic rings. The lowest BCUT2D eigenvalue weighted by molar-refractivity contribution is -0.154. The molecule has 2 amide bonds. The summed E-state index contributed by atoms with van der Waals surface area (Å²) >= 11 is 1.54. The van der Waals surface area contributed by atoms with E-state index >= 15 is 0 Å². The summed E-state index contributed by atoms with van der Waals surface area (Å²) in [5.41, 5.74) is -0.428. The summed E-state index contributed by atoms with van der Waals surface area (Å²) in [6.45, 7) is 8.52. The van der Waals surface area contributed by atoms with E-state index in [1.165, 1.54) is 16.7 Å². The number of hydrogen-bond acceptors (Lipinski definition) is 6. The summed E-state index contributed by atoms with van der Waals surface area (Å²) in [6, 6.07) is -0.772. The highest BCUT2D eigenvalue weighted by atomic mass is 32.2. The van der Waals surface area contributed by atoms with E-state index in [0.29, 0.717) is 13.2 Å². The Morgan fingerprint density at radius 1 is 1.12 bits per heavy atom. The van der Waals surface area contributed by atoms with E-state index in [4.69, 9.17) is 4.74 Å². The second-order valence-corrected chi connectivity index (χ2v) is 12.1. The van der Waals surface area contributed by atoms with Gasteiger partial charge in [0, 0.05) is 23.4 Å². The molecule has 8 heteroatoms. The summed E-state index contributed by atoms with van der Waals surface area (Å²) in [7, 11) is 0. The molecule has 2 fully saturated rings. The van der Waals surface area contributed by atoms with Crippen molar-refractivity contribution >= 4 is 29.5 Å². The number of aliphatic hydroxyl groups excluding tert-OH is 1. The molecule has 7 nitrogen and oxygen atoms in total. The predicted octanol–water partition coefficient (Wildman–Crippen LogP) is 2.15. The SMILES string of the molecule is CC(C)(C)N1CC=C[C@]23S[C@]4(C)/C=C\CCCCOC(=O)[C@@H]4[C@H]2C(=O)N(CCO)C3C1=O. The maximum absolute atomic E-state index is 13.9. The Balaban J connectivity index is 1.87. The van der Waals surface area contributed by atoms with Crippen LogP contribution in [0, 0.1) is 11.8 Å². The van der Waals surface area contributed by atoms with Gasteiger partial charge in [-0.15, -0.1) is 11.8 Å². The van der Waals surface area contributed by atoms with Gasteiger partial charge >= 0.3 is 5.97 Å². The summed E-state index contributed by atoms with van der Waals surface area (Å²) in [5.74, 6) is -2.17. The number of rotatable bonds is 2. The fourth-order valence-electron chi connectivity index (χ4n) is 5.75. The minimum atomic E-state index is -0.889. The van der Waals surface area contributed by atoms with E-state index < -0.39 is 32.9 Å². The second kappa shape index (κ2) is 8.20. The number of thioether (sulfide) groups is 1. The van der Waals surface area contributed by atoms with Gasteiger partial charge in [0.1, 0.15) is 6.04 Å². The van der Waals surface area contributed by atoms with Gasteiger partial charge in [-0.3, -0.25) is 14.4 Å². The molecular weight excluding hydrogens is 428 g/mol. The first-order valence-electron chi connectivity index (χ1n) is 11.5. The van der Waals surface area contributed by atoms with Crippen LogP contribution in [0.1, 0.15) is 47.0 Å². The van der Waals surface area contributed by atoms with Gasteiger partial charge in [0.2, 0.25) is 11.8 Å². The van der Waals surface area contributed by atoms with Crippen molar-refractivity contribution in [1.29, 1.82) is 0 Å². The number of aliphatic hydroxyl groups is 1. The zero-order valence-electron chi connectivity index (χ0n) is 19.4. The van der Waals surface area contributed by atoms with Gasteiger partial charge in [0.05, 0.1) is 29.8 Å². The van der Waals surface area contributed by atoms with Crippen LogP contribution in [0.5, 0.6) is 0 Å². The molecule has 176 valence electrons. The third kappa shape index (κ3) is 3.50. The van der Waals surface area contributed by atoms with Gasteiger partial charge in [0.25, 0.3) is 0 Å². The Bertz CT molecular complexity index is 865. The Hall–Kier alpha value is -1.80. The van der Waals surface area contributed by atoms with Crippen molar-refractivity contribution in [2.24, 2.45) is 11.8 Å². The summed E-state index contributed by atoms with van der Waals surface area (Å²) in [5, 5.41) is 9.72. The number of hydrogen-bond donors (Lipinski definition) is 1. The molecule has 0 aromatic rings. The first kappa shape index (κ1) is 23.4. The van der Waals surface area contributed by atoms with Crippen molar-refractivity contribution in [3.63, 3.8) is 0 Å². The number of esters is 1. The van der Waals surface area contributed by atoms with Crippen molar-refractivity contribution in [1.82, 2.24) is 9.80 Å². The lowest BCUT2D eigenvalue weighted by atomic mass is 9.74. The first-order chi connectivity index (χ1) is 15.1. The highest BCUT2D eigenvalue weighted by Crippen LogP contribution is 2.65. The standard InChI is InChI=1S/C24H34N2O5S/c1-22(2,3)26-12-9-11-24-16(19(28)25(13-14-27)18(24)20(26)29)17-21(30)31-15-8-6-5-7-10-23(17,4)32-24/h7,9-11,16-18,27H,5-6,8,12-15H2,1-4H3/b10-7-/t16-,17-,18?,23+,24-/m0/s1. The molecule has 2 saturated heterocycles. The fraction of sp³-hybridized carbons (Fsp3) is 0.708. The lowest BCUT2D eigenvalue weighted by Crippen LogP contribution is -2.57. The first-order valence-corrected chi connectivity index (χ1v) is 12.3. The molecule has 1 spiro atoms. The Kier molecular flexibility index (Phi) is 5.99. The molecule has 0 saturated carbocycles. The molecule has 4 aliphatic heterocycles. The van der Waals surface area contributed by atoms with Crippen LogP contribution in [0.2, 0.25) is 0 Å². The van der Waals surface area contributed by atoms with Crippen LogP contribution in [0.25, 0.3) is 0 Å². The average molecular weight is 463 g/mol. The Morgan fingerprint density at radius 3 is 2.56 bits per heavy atom. The number of carbonyl (C=O) groups excluding carboxylic acids is 3. The van der Waals surface area contributed by atoms with E-state index in [-0.39, 0.29) is 30.9 Å². The zero-order valence-corrected chi connectivity index (χ0v) is 20.2. The van der Waals surface area contributed by atoms with Gasteiger partial charge in [0.15, 0.2) is 0 Å². The molecule has 4 heterocycles. The Morgan fingerprint density at radius 2 is 1.88 bits per heavy atom. The number of carbonyl (C=O) groups is 3. The quantitative estimate of drug-likeness (QED) is 0.500. The van der Waals surface area contributed by atoms with Crippen LogP contribution < -0.4 is 0 Å². The summed E-state index contributed by atoms with van der Waals surface area (Å²) in [6.07, 6.45) is 10.7. The summed E-state index contributed by atoms with van der Waals surface area (Å²) < 4.78 is 4.08. The van der Waals surface area contributed by atoms with Crippen molar-refractivity contribution < 1.29 is 24.2 Å². The van der Waals surface area contributed by atoms with Gasteiger partial charge < -0.3 is 19.6 Å². The normalized spacial score (nSPS) is 38.7. The molecular formula is C24H34N2O5S. The van der Waals surface area contributed by atoms with Gasteiger partial charge in [-0.2, -0.15) is 0 Å². The van der Waals surface area contributed by atoms with E-state index in [0.717, 1.165) is 19.3 Å². The molecule has 0 bridgehead atoms. The molecule has 0 radical (unpaired) electrons. The van der Waals surface area contributed by atoms with Crippen LogP contribution in [0.3, 0.4) is 0 Å². The van der Waals surface area contributed by atoms with Gasteiger partial charge in [-0.25, -0.2) is 0 Å². The number of fused-ring (bicyclic) bond motifs is 2. The largest absolute Gasteiger partial charge is 0.465 e. The highest BCUT2D eigenvalue weighted by molar-refractivity contribution is 8.02. The Labute approximate surface area is 194 Å². The number of nitrogens with zero attached hydrogens (tertiary/aromatic N) is 2. The fourth-order valence-corrected chi connectivity index (χ4v) is 7.90. The molecule has 1 N–H and O–H groups in total. The monoisotopic (exact) mass is 462 g/mol. The second-order valence-electron chi connectivity index (χ2n) is 10.3. The maximum atomic E-state index is 13.9. The molecule has 5 atom stereocenters. The minimum Gasteiger partial charge on any atom is -0.465 e. The lowest BCUT2D eigenvalue weighted by Gasteiger charge is -2.40. The number of cyclic esters (lactones) is 1. The van der Waals surface area contributed by atoms with Gasteiger partial charge in [-0.1, -0.05) is 24.3 Å². The number of amides is 2. The molecule has 4 rings (SSSR count). The van der Waals surface area contributed by atoms with Crippen LogP contribution in [0.15, 0.2) is 24.3 Å². The third-order valence-corrected chi connectivity index (χ3v) is 8.95. The smallest absolute Gasteiger partial charge is 0.311 e. The molecule has 1 unspecified atom stereocenters. The predicted molar refractivity (Wildman–Crippen MR) is 123 cm³/mol. The van der Waals surface area contributed by atoms with Crippen molar-refractivity contribution in [2.75, 3.05) is 26.3 Å².